The largest absolute Gasteiger partial charge is 0.392 e. The maximum Gasteiger partial charge on any atom is 0.266 e. The molecule has 2 heterocycles. The summed E-state index contributed by atoms with van der Waals surface area (Å²) in [4.78, 5) is 40.0. The Kier molecular flexibility index (Phi) is 8.63. The molecule has 1 fully saturated rings. The highest BCUT2D eigenvalue weighted by molar-refractivity contribution is 7.99. The monoisotopic (exact) mass is 608 g/mol. The number of aliphatic hydroxyl groups excluding tert-OH is 1. The second kappa shape index (κ2) is 12.8. The van der Waals surface area contributed by atoms with Crippen LogP contribution in [0.5, 0.6) is 0 Å². The fourth-order valence-electron chi connectivity index (χ4n) is 5.56. The lowest BCUT2D eigenvalue weighted by Crippen LogP contribution is -2.38. The molecule has 0 aliphatic carbocycles. The summed E-state index contributed by atoms with van der Waals surface area (Å²) in [6.07, 6.45) is -1.27. The Hall–Kier alpha value is -4.28. The van der Waals surface area contributed by atoms with Crippen LogP contribution in [0.1, 0.15) is 63.6 Å². The van der Waals surface area contributed by atoms with Gasteiger partial charge >= 0.3 is 0 Å². The molecular weight excluding hydrogens is 576 g/mol. The molecule has 0 spiro atoms. The van der Waals surface area contributed by atoms with Crippen molar-refractivity contribution < 1.29 is 29.0 Å². The van der Waals surface area contributed by atoms with Gasteiger partial charge in [0.1, 0.15) is 0 Å². The van der Waals surface area contributed by atoms with Crippen molar-refractivity contribution in [1.82, 2.24) is 0 Å². The highest BCUT2D eigenvalue weighted by Gasteiger charge is 2.40. The van der Waals surface area contributed by atoms with Gasteiger partial charge in [0, 0.05) is 34.7 Å². The van der Waals surface area contributed by atoms with Crippen molar-refractivity contribution in [2.75, 3.05) is 16.0 Å². The third kappa shape index (κ3) is 6.05. The van der Waals surface area contributed by atoms with Crippen LogP contribution in [0.25, 0.3) is 0 Å². The van der Waals surface area contributed by atoms with E-state index in [-0.39, 0.29) is 42.5 Å². The van der Waals surface area contributed by atoms with Crippen LogP contribution in [0.3, 0.4) is 0 Å². The van der Waals surface area contributed by atoms with Gasteiger partial charge < -0.3 is 19.9 Å². The summed E-state index contributed by atoms with van der Waals surface area (Å²) in [6, 6.07) is 29.4. The van der Waals surface area contributed by atoms with Crippen LogP contribution in [-0.4, -0.2) is 34.7 Å². The van der Waals surface area contributed by atoms with E-state index >= 15 is 0 Å². The van der Waals surface area contributed by atoms with Gasteiger partial charge in [-0.15, -0.1) is 11.8 Å². The molecule has 2 N–H and O–H groups in total. The highest BCUT2D eigenvalue weighted by Crippen LogP contribution is 2.44. The number of nitrogens with zero attached hydrogens (tertiary/aromatic N) is 1. The Bertz CT molecular complexity index is 1660. The summed E-state index contributed by atoms with van der Waals surface area (Å²) in [5.74, 6) is -0.211. The van der Waals surface area contributed by atoms with Gasteiger partial charge in [-0.05, 0) is 59.7 Å². The van der Waals surface area contributed by atoms with Crippen molar-refractivity contribution in [2.24, 2.45) is 5.92 Å². The van der Waals surface area contributed by atoms with Gasteiger partial charge in [-0.2, -0.15) is 0 Å². The molecule has 2 aliphatic rings. The van der Waals surface area contributed by atoms with Crippen molar-refractivity contribution in [1.29, 1.82) is 0 Å². The minimum absolute atomic E-state index is 0.0169. The number of hydrogen-bond acceptors (Lipinski definition) is 7. The third-order valence-electron chi connectivity index (χ3n) is 7.91. The summed E-state index contributed by atoms with van der Waals surface area (Å²) in [6.45, 7) is 3.53. The number of carbonyl (C=O) groups is 3. The minimum atomic E-state index is -0.753. The maximum absolute atomic E-state index is 13.2. The average molecular weight is 609 g/mol. The Labute approximate surface area is 260 Å². The molecule has 8 nitrogen and oxygen atoms in total. The zero-order chi connectivity index (χ0) is 30.8. The number of benzene rings is 4. The second-order valence-corrected chi connectivity index (χ2v) is 12.0. The Morgan fingerprint density at radius 2 is 1.55 bits per heavy atom. The lowest BCUT2D eigenvalue weighted by atomic mass is 9.91. The van der Waals surface area contributed by atoms with E-state index in [1.165, 1.54) is 11.8 Å². The van der Waals surface area contributed by atoms with Crippen LogP contribution >= 0.6 is 11.8 Å². The SMILES string of the molecule is CC(=O)Nc1ccc(SC[C@@H]2O[C@H](c3cccc(N4C(=O)c5ccccc5C4=O)c3)O[C@H](c3ccc(CO)cc3)[C@@H]2C)cc1. The number of ether oxygens (including phenoxy) is 2. The van der Waals surface area contributed by atoms with E-state index in [0.29, 0.717) is 28.1 Å². The van der Waals surface area contributed by atoms with E-state index in [4.69, 9.17) is 9.47 Å². The summed E-state index contributed by atoms with van der Waals surface area (Å²) >= 11 is 1.65. The first-order valence-electron chi connectivity index (χ1n) is 14.4. The van der Waals surface area contributed by atoms with Gasteiger partial charge in [0.25, 0.3) is 11.8 Å². The number of hydrogen-bond donors (Lipinski definition) is 2. The smallest absolute Gasteiger partial charge is 0.266 e. The van der Waals surface area contributed by atoms with Gasteiger partial charge in [-0.1, -0.05) is 55.5 Å². The number of fused-ring (bicyclic) bond motifs is 1. The number of thioether (sulfide) groups is 1. The molecule has 2 aliphatic heterocycles. The zero-order valence-corrected chi connectivity index (χ0v) is 25.1. The van der Waals surface area contributed by atoms with Gasteiger partial charge in [0.15, 0.2) is 6.29 Å². The van der Waals surface area contributed by atoms with Crippen LogP contribution in [0.2, 0.25) is 0 Å². The predicted octanol–water partition coefficient (Wildman–Crippen LogP) is 6.52. The van der Waals surface area contributed by atoms with Crippen LogP contribution in [0.15, 0.2) is 102 Å². The van der Waals surface area contributed by atoms with Gasteiger partial charge in [0.05, 0.1) is 35.6 Å². The van der Waals surface area contributed by atoms with Crippen molar-refractivity contribution in [2.45, 2.75) is 43.8 Å². The molecule has 0 unspecified atom stereocenters. The number of anilines is 2. The molecule has 6 rings (SSSR count). The second-order valence-electron chi connectivity index (χ2n) is 10.9. The summed E-state index contributed by atoms with van der Waals surface area (Å²) in [5.41, 5.74) is 4.43. The van der Waals surface area contributed by atoms with Crippen LogP contribution < -0.4 is 10.2 Å². The Morgan fingerprint density at radius 3 is 2.18 bits per heavy atom. The molecule has 1 saturated heterocycles. The van der Waals surface area contributed by atoms with E-state index in [9.17, 15) is 19.5 Å². The third-order valence-corrected chi connectivity index (χ3v) is 9.01. The minimum Gasteiger partial charge on any atom is -0.392 e. The van der Waals surface area contributed by atoms with E-state index in [0.717, 1.165) is 21.7 Å². The molecule has 0 bridgehead atoms. The fraction of sp³-hybridized carbons (Fsp3) is 0.229. The van der Waals surface area contributed by atoms with Gasteiger partial charge in [0.2, 0.25) is 5.91 Å². The van der Waals surface area contributed by atoms with E-state index in [2.05, 4.69) is 12.2 Å². The topological polar surface area (TPSA) is 105 Å². The number of rotatable bonds is 8. The Morgan fingerprint density at radius 1 is 0.864 bits per heavy atom. The molecular formula is C35H32N2O6S. The van der Waals surface area contributed by atoms with E-state index in [1.54, 1.807) is 54.2 Å². The quantitative estimate of drug-likeness (QED) is 0.173. The first-order chi connectivity index (χ1) is 21.3. The summed E-state index contributed by atoms with van der Waals surface area (Å²) in [7, 11) is 0. The standard InChI is InChI=1S/C35H32N2O6S/c1-21-31(20-44-28-16-14-26(15-17-28)36-22(2)39)42-35(43-32(21)24-12-10-23(19-38)11-13-24)25-6-5-7-27(18-25)37-33(40)29-8-3-4-9-30(29)34(37)41/h3-18,21,31-32,35,38H,19-20H2,1-2H3,(H,36,39)/t21-,31+,32+,35+/m1/s1. The maximum atomic E-state index is 13.2. The van der Waals surface area contributed by atoms with Gasteiger partial charge in [-0.3, -0.25) is 14.4 Å². The molecule has 44 heavy (non-hydrogen) atoms. The van der Waals surface area contributed by atoms with E-state index in [1.807, 2.05) is 54.6 Å². The zero-order valence-electron chi connectivity index (χ0n) is 24.3. The highest BCUT2D eigenvalue weighted by atomic mass is 32.2. The van der Waals surface area contributed by atoms with E-state index < -0.39 is 6.29 Å². The molecule has 0 radical (unpaired) electrons. The summed E-state index contributed by atoms with van der Waals surface area (Å²) in [5, 5.41) is 12.3. The molecule has 3 amide bonds. The molecule has 9 heteroatoms. The Balaban J connectivity index is 1.26. The molecule has 4 atom stereocenters. The number of nitrogens with one attached hydrogen (secondary N) is 1. The number of amides is 3. The lowest BCUT2D eigenvalue weighted by Gasteiger charge is -2.41. The molecule has 0 saturated carbocycles. The average Bonchev–Trinajstić information content (AvgIpc) is 3.30. The normalized spacial score (nSPS) is 21.3. The number of imide groups is 1. The number of aliphatic hydroxyl groups is 1. The predicted molar refractivity (Wildman–Crippen MR) is 168 cm³/mol. The molecule has 224 valence electrons. The lowest BCUT2D eigenvalue weighted by molar-refractivity contribution is -0.268. The molecule has 4 aromatic rings. The van der Waals surface area contributed by atoms with Crippen molar-refractivity contribution >= 4 is 40.9 Å². The molecule has 0 aromatic heterocycles. The number of carbonyl (C=O) groups excluding carboxylic acids is 3. The van der Waals surface area contributed by atoms with Crippen molar-refractivity contribution in [3.8, 4) is 0 Å². The van der Waals surface area contributed by atoms with Crippen LogP contribution in [-0.2, 0) is 20.9 Å². The summed E-state index contributed by atoms with van der Waals surface area (Å²) < 4.78 is 13.2. The fourth-order valence-corrected chi connectivity index (χ4v) is 6.63. The van der Waals surface area contributed by atoms with Crippen LogP contribution in [0, 0.1) is 5.92 Å². The van der Waals surface area contributed by atoms with Crippen molar-refractivity contribution in [3.63, 3.8) is 0 Å². The van der Waals surface area contributed by atoms with Crippen LogP contribution in [0.4, 0.5) is 11.4 Å². The first-order valence-corrected chi connectivity index (χ1v) is 15.4. The van der Waals surface area contributed by atoms with Gasteiger partial charge in [-0.25, -0.2) is 4.90 Å². The molecule has 4 aromatic carbocycles. The first kappa shape index (κ1) is 29.8. The van der Waals surface area contributed by atoms with Crippen molar-refractivity contribution in [3.05, 3.63) is 125 Å².